The molecule has 0 aromatic heterocycles. The third-order valence-electron chi connectivity index (χ3n) is 1.28. The van der Waals surface area contributed by atoms with Crippen molar-refractivity contribution in [2.24, 2.45) is 0 Å². The van der Waals surface area contributed by atoms with Gasteiger partial charge in [-0.2, -0.15) is 0 Å². The molecule has 2 heteroatoms. The molecule has 1 radical (unpaired) electrons. The van der Waals surface area contributed by atoms with Gasteiger partial charge in [-0.3, -0.25) is 0 Å². The average Bonchev–Trinajstić information content (AvgIpc) is 1.93. The molecule has 0 saturated carbocycles. The van der Waals surface area contributed by atoms with Gasteiger partial charge in [-0.1, -0.05) is 27.7 Å². The Morgan fingerprint density at radius 3 is 1.30 bits per heavy atom. The predicted molar refractivity (Wildman–Crippen MR) is 53.4 cm³/mol. The van der Waals surface area contributed by atoms with Crippen LogP contribution in [0.1, 0.15) is 27.7 Å². The quantitative estimate of drug-likeness (QED) is 0.565. The molecule has 0 nitrogen and oxygen atoms in total. The van der Waals surface area contributed by atoms with E-state index in [4.69, 9.17) is 0 Å². The van der Waals surface area contributed by atoms with Crippen LogP contribution in [0.3, 0.4) is 0 Å². The van der Waals surface area contributed by atoms with E-state index in [1.165, 1.54) is 19.7 Å². The zero-order chi connectivity index (χ0) is 8.24. The van der Waals surface area contributed by atoms with Crippen LogP contribution in [0, 0.1) is 0 Å². The maximum absolute atomic E-state index is 2.27. The van der Waals surface area contributed by atoms with Gasteiger partial charge >= 0.3 is 20.4 Å². The number of hydrogen-bond acceptors (Lipinski definition) is 0. The van der Waals surface area contributed by atoms with Crippen LogP contribution in [-0.4, -0.2) is 35.6 Å². The van der Waals surface area contributed by atoms with Crippen molar-refractivity contribution in [3.63, 3.8) is 0 Å². The molecule has 0 atom stereocenters. The van der Waals surface area contributed by atoms with Gasteiger partial charge in [0.1, 0.15) is 0 Å². The molecule has 0 aliphatic heterocycles. The molecule has 57 valence electrons. The van der Waals surface area contributed by atoms with Crippen molar-refractivity contribution in [1.29, 1.82) is 0 Å². The van der Waals surface area contributed by atoms with Gasteiger partial charge in [-0.05, 0) is 0 Å². The van der Waals surface area contributed by atoms with Gasteiger partial charge in [-0.15, -0.1) is 19.7 Å². The summed E-state index contributed by atoms with van der Waals surface area (Å²) in [7, 11) is 0. The molecule has 0 aromatic rings. The summed E-state index contributed by atoms with van der Waals surface area (Å²) in [6, 6.07) is 0. The summed E-state index contributed by atoms with van der Waals surface area (Å²) in [6.07, 6.45) is 0. The molecule has 0 N–H and O–H groups in total. The van der Waals surface area contributed by atoms with Gasteiger partial charge in [0.2, 0.25) is 0 Å². The van der Waals surface area contributed by atoms with Crippen LogP contribution in [0.25, 0.3) is 0 Å². The van der Waals surface area contributed by atoms with E-state index in [0.717, 1.165) is 15.2 Å². The molecule has 0 fully saturated rings. The highest BCUT2D eigenvalue weighted by Gasteiger charge is 1.79. The highest BCUT2D eigenvalue weighted by Crippen LogP contribution is 1.77. The third kappa shape index (κ3) is 22.8. The van der Waals surface area contributed by atoms with Crippen molar-refractivity contribution < 1.29 is 0 Å². The van der Waals surface area contributed by atoms with Gasteiger partial charge in [0.25, 0.3) is 0 Å². The summed E-state index contributed by atoms with van der Waals surface area (Å²) in [6.45, 7) is 9.04. The van der Waals surface area contributed by atoms with Gasteiger partial charge in [-0.25, -0.2) is 0 Å². The van der Waals surface area contributed by atoms with Gasteiger partial charge < -0.3 is 0 Å². The monoisotopic (exact) mass is 167 g/mol. The average molecular weight is 168 g/mol. The fraction of sp³-hybridized carbons (Fsp3) is 1.00. The van der Waals surface area contributed by atoms with E-state index < -0.39 is 0 Å². The van der Waals surface area contributed by atoms with Crippen LogP contribution in [-0.2, 0) is 0 Å². The minimum atomic E-state index is 0.432. The topological polar surface area (TPSA) is 0 Å². The molecule has 0 aliphatic rings. The van der Waals surface area contributed by atoms with Crippen molar-refractivity contribution >= 4 is 35.6 Å². The third-order valence-corrected chi connectivity index (χ3v) is 3.85. The molecule has 0 unspecified atom stereocenters. The van der Waals surface area contributed by atoms with E-state index in [9.17, 15) is 0 Å². The van der Waals surface area contributed by atoms with E-state index in [0.29, 0.717) is 20.4 Å². The number of rotatable bonds is 4. The maximum Gasteiger partial charge on any atom is 0.363 e. The normalized spacial score (nSPS) is 7.20. The first-order valence-corrected chi connectivity index (χ1v) is 8.28. The lowest BCUT2D eigenvalue weighted by atomic mass is 10.9. The minimum absolute atomic E-state index is 0.432. The Hall–Kier alpha value is 1.30. The molecule has 0 amide bonds. The van der Waals surface area contributed by atoms with E-state index >= 15 is 0 Å². The second-order valence-corrected chi connectivity index (χ2v) is 7.38. The molecular weight excluding hydrogens is 147 g/mol. The predicted octanol–water partition coefficient (Wildman–Crippen LogP) is 3.13. The van der Waals surface area contributed by atoms with E-state index in [1.807, 2.05) is 0 Å². The van der Waals surface area contributed by atoms with Gasteiger partial charge in [0.05, 0.1) is 0 Å². The first kappa shape index (κ1) is 13.9. The molecule has 0 bridgehead atoms. The van der Waals surface area contributed by atoms with Crippen molar-refractivity contribution in [2.75, 3.05) is 0 Å². The standard InChI is InChI=1S/4C2H5.Al.Mg/c4*1-2;;/h4*1H2,2H3;;. The highest BCUT2D eigenvalue weighted by atomic mass is 27.1. The van der Waals surface area contributed by atoms with Crippen LogP contribution in [0.4, 0.5) is 0 Å². The second kappa shape index (κ2) is 16.7. The van der Waals surface area contributed by atoms with E-state index in [-0.39, 0.29) is 0 Å². The summed E-state index contributed by atoms with van der Waals surface area (Å²) >= 11 is 1.25. The lowest BCUT2D eigenvalue weighted by Crippen LogP contribution is -1.76. The van der Waals surface area contributed by atoms with Crippen LogP contribution in [0.2, 0.25) is 19.7 Å². The fourth-order valence-electron chi connectivity index (χ4n) is 0.642. The Balaban J connectivity index is 0. The molecule has 0 aliphatic carbocycles. The Kier molecular flexibility index (Phi) is 23.2. The molecule has 10 heavy (non-hydrogen) atoms. The van der Waals surface area contributed by atoms with Crippen molar-refractivity contribution in [3.05, 3.63) is 0 Å². The summed E-state index contributed by atoms with van der Waals surface area (Å²) in [5.41, 5.74) is 0. The molecule has 0 saturated heterocycles. The Bertz CT molecular complexity index is 30.2. The molecule has 0 rings (SSSR count). The van der Waals surface area contributed by atoms with Crippen LogP contribution in [0.5, 0.6) is 0 Å². The highest BCUT2D eigenvalue weighted by molar-refractivity contribution is 6.35. The minimum Gasteiger partial charge on any atom is -0.149 e. The first-order chi connectivity index (χ1) is 4.83. The first-order valence-electron chi connectivity index (χ1n) is 4.64. The number of hydrogen-bond donors (Lipinski definition) is 0. The van der Waals surface area contributed by atoms with Gasteiger partial charge in [0, 0.05) is 0 Å². The summed E-state index contributed by atoms with van der Waals surface area (Å²) in [4.78, 5) is 0. The molecule has 0 aromatic carbocycles. The van der Waals surface area contributed by atoms with Crippen LogP contribution in [0.15, 0.2) is 0 Å². The summed E-state index contributed by atoms with van der Waals surface area (Å²) in [5, 5.41) is 2.85. The Morgan fingerprint density at radius 2 is 1.30 bits per heavy atom. The zero-order valence-corrected chi connectivity index (χ0v) is 10.7. The van der Waals surface area contributed by atoms with Gasteiger partial charge in [0.15, 0.2) is 15.2 Å². The van der Waals surface area contributed by atoms with Crippen molar-refractivity contribution in [1.82, 2.24) is 0 Å². The Morgan fingerprint density at radius 1 is 0.900 bits per heavy atom. The lowest BCUT2D eigenvalue weighted by molar-refractivity contribution is 1.36. The van der Waals surface area contributed by atoms with Crippen LogP contribution >= 0.6 is 0 Å². The Labute approximate surface area is 82.6 Å². The summed E-state index contributed by atoms with van der Waals surface area (Å²) in [5.74, 6) is 0. The van der Waals surface area contributed by atoms with Crippen molar-refractivity contribution in [3.8, 4) is 0 Å². The molecule has 0 heterocycles. The van der Waals surface area contributed by atoms with E-state index in [1.54, 1.807) is 0 Å². The molecular formula is C8H20AlMg. The molecule has 0 spiro atoms. The fourth-order valence-corrected chi connectivity index (χ4v) is 1.93. The zero-order valence-electron chi connectivity index (χ0n) is 8.11. The summed E-state index contributed by atoms with van der Waals surface area (Å²) < 4.78 is 2.97. The second-order valence-electron chi connectivity index (χ2n) is 2.46. The maximum atomic E-state index is 2.27. The van der Waals surface area contributed by atoms with Crippen LogP contribution < -0.4 is 0 Å². The largest absolute Gasteiger partial charge is 0.363 e. The lowest BCUT2D eigenvalue weighted by Gasteiger charge is -1.74. The van der Waals surface area contributed by atoms with E-state index in [2.05, 4.69) is 27.7 Å². The smallest absolute Gasteiger partial charge is 0.149 e. The van der Waals surface area contributed by atoms with Crippen molar-refractivity contribution in [2.45, 2.75) is 47.4 Å². The SMILES string of the molecule is C[CH2][Al][CH2]C.C[CH2][Mg][CH2]C.